The molecular formula is C48H78O16. The standard InChI is InChI=1S/C48H78O16/c1-21-8-13-48(58-20-21)22(2)34-30(63-48)17-29-33-26(18-49)16-27-14-25(9-11-45(27,5)28(33)10-12-46(29,34)6)15-31-37(53)39(55)41(32(19-50)60-31)61-44-42(38(54)35(51)23(3)59-44)64-47(7)43(57)40(56)36(52)24(4)62-47/h16,21-26,28-44,49-57H,8-15,17-20H2,1-7H3/t21-,22+,23+,24-,25-,26+,28+,29+,30+,31+,32-,33-,34+,35+,36-,37+,38-,39-,40+,41-,42-,43+,44+,45+,46+,47+,48-/m1/s1. The maximum absolute atomic E-state index is 11.7. The fraction of sp³-hybridized carbons (Fsp3) is 0.958. The minimum absolute atomic E-state index is 0.0279. The lowest BCUT2D eigenvalue weighted by atomic mass is 9.44. The first-order valence-electron chi connectivity index (χ1n) is 24.5. The summed E-state index contributed by atoms with van der Waals surface area (Å²) in [6.45, 7) is 14.1. The van der Waals surface area contributed by atoms with E-state index in [4.69, 9.17) is 33.2 Å². The minimum atomic E-state index is -2.01. The number of hydrogen-bond acceptors (Lipinski definition) is 16. The molecule has 0 aromatic heterocycles. The van der Waals surface area contributed by atoms with E-state index in [1.807, 2.05) is 0 Å². The van der Waals surface area contributed by atoms with E-state index in [1.54, 1.807) is 0 Å². The van der Waals surface area contributed by atoms with Gasteiger partial charge in [0.2, 0.25) is 0 Å². The summed E-state index contributed by atoms with van der Waals surface area (Å²) in [5.74, 6) is 0.217. The van der Waals surface area contributed by atoms with Crippen molar-refractivity contribution in [3.8, 4) is 0 Å². The van der Waals surface area contributed by atoms with Crippen molar-refractivity contribution < 1.29 is 79.1 Å². The van der Waals surface area contributed by atoms with Crippen LogP contribution in [0.4, 0.5) is 0 Å². The Balaban J connectivity index is 0.874. The Hall–Kier alpha value is -0.900. The van der Waals surface area contributed by atoms with Crippen LogP contribution in [0.25, 0.3) is 0 Å². The minimum Gasteiger partial charge on any atom is -0.396 e. The molecule has 9 N–H and O–H groups in total. The second-order valence-corrected chi connectivity index (χ2v) is 22.6. The SMILES string of the molecule is C[C@@H]1CC[C@@]2(OC1)O[C@H]1C[C@H]3[C@@H]4[C@H](CO)C=C5C[C@H](C[C@@H]6O[C@H](CO)[C@@H](O[C@@H]7O[C@@H](C)[C@H](O)[C@@H](O)[C@H]7O[C@]7(C)O[C@H](C)[C@@H](O)[C@H](O)[C@@H]7O)[C@H](O)[C@H]6O)CC[C@]5(C)[C@H]4CC[C@]3(C)[C@H]1[C@@H]2C. The van der Waals surface area contributed by atoms with Gasteiger partial charge < -0.3 is 79.1 Å². The van der Waals surface area contributed by atoms with Gasteiger partial charge in [0.05, 0.1) is 37.6 Å². The summed E-state index contributed by atoms with van der Waals surface area (Å²) in [6, 6.07) is 0. The van der Waals surface area contributed by atoms with Crippen LogP contribution in [0.2, 0.25) is 0 Å². The maximum Gasteiger partial charge on any atom is 0.195 e. The van der Waals surface area contributed by atoms with Gasteiger partial charge in [0, 0.05) is 24.9 Å². The van der Waals surface area contributed by atoms with Gasteiger partial charge in [-0.05, 0) is 118 Å². The highest BCUT2D eigenvalue weighted by Gasteiger charge is 2.70. The normalized spacial score (nSPS) is 58.6. The van der Waals surface area contributed by atoms with Crippen molar-refractivity contribution in [1.82, 2.24) is 0 Å². The average Bonchev–Trinajstić information content (AvgIpc) is 3.71. The van der Waals surface area contributed by atoms with Crippen LogP contribution in [0.15, 0.2) is 11.6 Å². The monoisotopic (exact) mass is 911 g/mol. The van der Waals surface area contributed by atoms with Crippen molar-refractivity contribution in [3.63, 3.8) is 0 Å². The molecule has 0 aromatic rings. The van der Waals surface area contributed by atoms with Crippen LogP contribution < -0.4 is 0 Å². The number of hydrogen-bond donors (Lipinski definition) is 9. The first-order valence-corrected chi connectivity index (χ1v) is 24.5. The van der Waals surface area contributed by atoms with Crippen molar-refractivity contribution in [1.29, 1.82) is 0 Å². The Morgan fingerprint density at radius 2 is 1.44 bits per heavy atom. The summed E-state index contributed by atoms with van der Waals surface area (Å²) in [5.41, 5.74) is 1.44. The van der Waals surface area contributed by atoms with Crippen LogP contribution in [0.5, 0.6) is 0 Å². The Labute approximate surface area is 377 Å². The second-order valence-electron chi connectivity index (χ2n) is 22.6. The molecule has 0 radical (unpaired) electrons. The molecule has 64 heavy (non-hydrogen) atoms. The molecule has 8 fully saturated rings. The highest BCUT2D eigenvalue weighted by atomic mass is 16.8. The second kappa shape index (κ2) is 17.5. The van der Waals surface area contributed by atoms with Gasteiger partial charge in [-0.15, -0.1) is 0 Å². The summed E-state index contributed by atoms with van der Waals surface area (Å²) >= 11 is 0. The molecule has 0 bridgehead atoms. The van der Waals surface area contributed by atoms with Crippen LogP contribution in [-0.4, -0.2) is 169 Å². The van der Waals surface area contributed by atoms with Crippen LogP contribution >= 0.6 is 0 Å². The lowest BCUT2D eigenvalue weighted by molar-refractivity contribution is -0.409. The molecule has 5 saturated heterocycles. The van der Waals surface area contributed by atoms with E-state index in [1.165, 1.54) is 26.3 Å². The number of aliphatic hydroxyl groups excluding tert-OH is 9. The molecule has 16 nitrogen and oxygen atoms in total. The van der Waals surface area contributed by atoms with E-state index in [9.17, 15) is 46.0 Å². The van der Waals surface area contributed by atoms with Crippen molar-refractivity contribution in [3.05, 3.63) is 11.6 Å². The van der Waals surface area contributed by atoms with Gasteiger partial charge in [-0.2, -0.15) is 0 Å². The maximum atomic E-state index is 11.7. The van der Waals surface area contributed by atoms with Crippen LogP contribution in [0.3, 0.4) is 0 Å². The molecule has 9 aliphatic rings. The molecule has 366 valence electrons. The predicted octanol–water partition coefficient (Wildman–Crippen LogP) is 1.51. The molecule has 16 heteroatoms. The molecule has 9 rings (SSSR count). The summed E-state index contributed by atoms with van der Waals surface area (Å²) < 4.78 is 43.8. The topological polar surface area (TPSA) is 247 Å². The van der Waals surface area contributed by atoms with Crippen molar-refractivity contribution in [2.24, 2.45) is 58.2 Å². The van der Waals surface area contributed by atoms with Gasteiger partial charge in [-0.3, -0.25) is 0 Å². The van der Waals surface area contributed by atoms with E-state index < -0.39 is 104 Å². The van der Waals surface area contributed by atoms with E-state index in [2.05, 4.69) is 33.8 Å². The fourth-order valence-corrected chi connectivity index (χ4v) is 15.2. The van der Waals surface area contributed by atoms with Crippen LogP contribution in [-0.2, 0) is 33.2 Å². The zero-order valence-electron chi connectivity index (χ0n) is 38.7. The molecule has 1 spiro atoms. The smallest absolute Gasteiger partial charge is 0.195 e. The number of rotatable bonds is 8. The lowest BCUT2D eigenvalue weighted by Gasteiger charge is -2.60. The Bertz CT molecular complexity index is 1690. The van der Waals surface area contributed by atoms with E-state index in [-0.39, 0.29) is 35.4 Å². The zero-order valence-corrected chi connectivity index (χ0v) is 38.7. The quantitative estimate of drug-likeness (QED) is 0.157. The Morgan fingerprint density at radius 1 is 0.719 bits per heavy atom. The molecular weight excluding hydrogens is 833 g/mol. The Morgan fingerprint density at radius 3 is 2.12 bits per heavy atom. The summed E-state index contributed by atoms with van der Waals surface area (Å²) in [7, 11) is 0. The van der Waals surface area contributed by atoms with Gasteiger partial charge in [0.1, 0.15) is 61.0 Å². The number of fused-ring (bicyclic) bond motifs is 7. The Kier molecular flexibility index (Phi) is 13.2. The van der Waals surface area contributed by atoms with Crippen LogP contribution in [0, 0.1) is 58.2 Å². The van der Waals surface area contributed by atoms with Crippen molar-refractivity contribution in [2.45, 2.75) is 210 Å². The highest BCUT2D eigenvalue weighted by Crippen LogP contribution is 2.71. The molecule has 4 aliphatic carbocycles. The first-order chi connectivity index (χ1) is 30.2. The van der Waals surface area contributed by atoms with Crippen molar-refractivity contribution >= 4 is 0 Å². The lowest BCUT2D eigenvalue weighted by Crippen LogP contribution is -2.68. The van der Waals surface area contributed by atoms with Gasteiger partial charge in [-0.1, -0.05) is 39.3 Å². The molecule has 0 aromatic carbocycles. The van der Waals surface area contributed by atoms with Gasteiger partial charge >= 0.3 is 0 Å². The van der Waals surface area contributed by atoms with Gasteiger partial charge in [-0.25, -0.2) is 0 Å². The number of aliphatic hydroxyl groups is 9. The largest absolute Gasteiger partial charge is 0.396 e. The molecule has 5 heterocycles. The number of ether oxygens (including phenoxy) is 7. The highest BCUT2D eigenvalue weighted by molar-refractivity contribution is 5.28. The predicted molar refractivity (Wildman–Crippen MR) is 227 cm³/mol. The molecule has 3 saturated carbocycles. The van der Waals surface area contributed by atoms with E-state index in [0.717, 1.165) is 58.0 Å². The third-order valence-electron chi connectivity index (χ3n) is 18.9. The van der Waals surface area contributed by atoms with Gasteiger partial charge in [0.15, 0.2) is 17.9 Å². The third kappa shape index (κ3) is 7.63. The number of allylic oxidation sites excluding steroid dienone is 1. The molecule has 5 aliphatic heterocycles. The first kappa shape index (κ1) is 48.1. The van der Waals surface area contributed by atoms with Crippen molar-refractivity contribution in [2.75, 3.05) is 19.8 Å². The summed E-state index contributed by atoms with van der Waals surface area (Å²) in [4.78, 5) is 0. The van der Waals surface area contributed by atoms with E-state index >= 15 is 0 Å². The van der Waals surface area contributed by atoms with Crippen LogP contribution in [0.1, 0.15) is 106 Å². The average molecular weight is 911 g/mol. The fourth-order valence-electron chi connectivity index (χ4n) is 15.2. The molecule has 27 atom stereocenters. The van der Waals surface area contributed by atoms with E-state index in [0.29, 0.717) is 41.9 Å². The third-order valence-corrected chi connectivity index (χ3v) is 18.9. The summed E-state index contributed by atoms with van der Waals surface area (Å²) in [5, 5.41) is 98.7. The molecule has 0 amide bonds. The van der Waals surface area contributed by atoms with Gasteiger partial charge in [0.25, 0.3) is 0 Å². The molecule has 0 unspecified atom stereocenters. The summed E-state index contributed by atoms with van der Waals surface area (Å²) in [6.07, 6.45) is -8.49. The zero-order chi connectivity index (χ0) is 46.0.